The number of carbonyl (C=O) groups excluding carboxylic acids is 1. The topological polar surface area (TPSA) is 50.7 Å². The van der Waals surface area contributed by atoms with Gasteiger partial charge >= 0.3 is 0 Å². The molecule has 2 aromatic rings. The van der Waals surface area contributed by atoms with Gasteiger partial charge in [0.05, 0.1) is 12.6 Å². The molecule has 0 spiro atoms. The maximum absolute atomic E-state index is 12.1. The Morgan fingerprint density at radius 1 is 1.32 bits per heavy atom. The normalized spacial score (nSPS) is 10.5. The van der Waals surface area contributed by atoms with E-state index in [1.807, 2.05) is 38.1 Å². The molecule has 25 heavy (non-hydrogen) atoms. The zero-order valence-corrected chi connectivity index (χ0v) is 15.8. The van der Waals surface area contributed by atoms with Crippen molar-refractivity contribution < 1.29 is 9.53 Å². The molecule has 0 fully saturated rings. The number of halogens is 1. The van der Waals surface area contributed by atoms with Crippen LogP contribution in [0.2, 0.25) is 0 Å². The van der Waals surface area contributed by atoms with Crippen molar-refractivity contribution in [3.63, 3.8) is 0 Å². The van der Waals surface area contributed by atoms with Crippen LogP contribution in [0.4, 0.5) is 0 Å². The Balaban J connectivity index is 2.01. The molecule has 1 N–H and O–H groups in total. The summed E-state index contributed by atoms with van der Waals surface area (Å²) < 4.78 is 6.34. The Kier molecular flexibility index (Phi) is 6.79. The molecule has 128 valence electrons. The first kappa shape index (κ1) is 18.8. The first-order valence-corrected chi connectivity index (χ1v) is 8.52. The van der Waals surface area contributed by atoms with Crippen LogP contribution in [0.25, 0.3) is 0 Å². The van der Waals surface area contributed by atoms with Crippen LogP contribution in [0.15, 0.2) is 46.0 Å². The third-order valence-electron chi connectivity index (χ3n) is 3.52. The minimum absolute atomic E-state index is 0.168. The van der Waals surface area contributed by atoms with E-state index in [-0.39, 0.29) is 18.9 Å². The van der Waals surface area contributed by atoms with Gasteiger partial charge in [0, 0.05) is 10.0 Å². The zero-order chi connectivity index (χ0) is 18.2. The first-order chi connectivity index (χ1) is 12.0. The van der Waals surface area contributed by atoms with E-state index in [1.165, 1.54) is 11.8 Å². The second-order valence-corrected chi connectivity index (χ2v) is 6.49. The lowest BCUT2D eigenvalue weighted by molar-refractivity contribution is -0.120. The summed E-state index contributed by atoms with van der Waals surface area (Å²) in [5.74, 6) is 2.85. The largest absolute Gasteiger partial charge is 0.480 e. The van der Waals surface area contributed by atoms with Gasteiger partial charge in [0.1, 0.15) is 12.4 Å². The number of ether oxygens (including phenoxy) is 1. The molecule has 1 amide bonds. The molecular formula is C20H19BrN2O2. The first-order valence-electron chi connectivity index (χ1n) is 7.73. The molecule has 0 aliphatic heterocycles. The van der Waals surface area contributed by atoms with E-state index in [1.54, 1.807) is 6.07 Å². The van der Waals surface area contributed by atoms with Crippen molar-refractivity contribution in [2.45, 2.75) is 20.3 Å². The maximum atomic E-state index is 12.1. The van der Waals surface area contributed by atoms with Crippen LogP contribution in [0.5, 0.6) is 5.75 Å². The molecule has 5 heteroatoms. The molecule has 0 aliphatic rings. The fourth-order valence-corrected chi connectivity index (χ4v) is 2.68. The molecule has 4 nitrogen and oxygen atoms in total. The lowest BCUT2D eigenvalue weighted by atomic mass is 10.0. The highest BCUT2D eigenvalue weighted by molar-refractivity contribution is 9.10. The molecule has 0 aliphatic carbocycles. The van der Waals surface area contributed by atoms with Crippen LogP contribution in [0.3, 0.4) is 0 Å². The van der Waals surface area contributed by atoms with Crippen LogP contribution in [-0.4, -0.2) is 18.7 Å². The minimum Gasteiger partial charge on any atom is -0.480 e. The number of nitrogens with zero attached hydrogens (tertiary/aromatic N) is 1. The standard InChI is InChI=1S/C20H19BrN2O2/c1-4-9-25-19-8-7-18(21)11-17(19)13-22-23-20(24)12-16-6-5-14(2)10-15(16)3/h1,5-8,10-11,13H,9,12H2,2-3H3,(H,23,24)/b22-13-. The van der Waals surface area contributed by atoms with Gasteiger partial charge in [-0.2, -0.15) is 5.10 Å². The second-order valence-electron chi connectivity index (χ2n) is 5.57. The van der Waals surface area contributed by atoms with Crippen LogP contribution in [0.1, 0.15) is 22.3 Å². The van der Waals surface area contributed by atoms with Gasteiger partial charge in [-0.15, -0.1) is 6.42 Å². The third-order valence-corrected chi connectivity index (χ3v) is 4.02. The predicted octanol–water partition coefficient (Wildman–Crippen LogP) is 3.77. The number of aryl methyl sites for hydroxylation is 2. The van der Waals surface area contributed by atoms with E-state index in [0.717, 1.165) is 21.2 Å². The SMILES string of the molecule is C#CCOc1ccc(Br)cc1/C=N\NC(=O)Cc1ccc(C)cc1C. The van der Waals surface area contributed by atoms with Gasteiger partial charge in [-0.3, -0.25) is 4.79 Å². The Labute approximate surface area is 156 Å². The second kappa shape index (κ2) is 9.05. The maximum Gasteiger partial charge on any atom is 0.244 e. The average Bonchev–Trinajstić information content (AvgIpc) is 2.57. The highest BCUT2D eigenvalue weighted by Crippen LogP contribution is 2.21. The van der Waals surface area contributed by atoms with Crippen molar-refractivity contribution in [3.05, 3.63) is 63.1 Å². The molecule has 2 aromatic carbocycles. The summed E-state index contributed by atoms with van der Waals surface area (Å²) in [6.45, 7) is 4.19. The summed E-state index contributed by atoms with van der Waals surface area (Å²) in [6, 6.07) is 11.5. The van der Waals surface area contributed by atoms with E-state index in [4.69, 9.17) is 11.2 Å². The number of terminal acetylenes is 1. The summed E-state index contributed by atoms with van der Waals surface area (Å²) in [7, 11) is 0. The molecule has 0 unspecified atom stereocenters. The van der Waals surface area contributed by atoms with Gasteiger partial charge in [0.15, 0.2) is 0 Å². The van der Waals surface area contributed by atoms with Gasteiger partial charge in [0.2, 0.25) is 5.91 Å². The zero-order valence-electron chi connectivity index (χ0n) is 14.2. The van der Waals surface area contributed by atoms with Crippen molar-refractivity contribution in [3.8, 4) is 18.1 Å². The number of hydrogen-bond donors (Lipinski definition) is 1. The molecule has 0 radical (unpaired) electrons. The van der Waals surface area contributed by atoms with E-state index in [9.17, 15) is 4.79 Å². The van der Waals surface area contributed by atoms with Gasteiger partial charge in [0.25, 0.3) is 0 Å². The number of hydrogen-bond acceptors (Lipinski definition) is 3. The van der Waals surface area contributed by atoms with Crippen LogP contribution < -0.4 is 10.2 Å². The number of hydrazone groups is 1. The van der Waals surface area contributed by atoms with Crippen molar-refractivity contribution in [2.24, 2.45) is 5.10 Å². The Bertz CT molecular complexity index is 838. The highest BCUT2D eigenvalue weighted by Gasteiger charge is 2.06. The Morgan fingerprint density at radius 3 is 2.84 bits per heavy atom. The van der Waals surface area contributed by atoms with E-state index in [2.05, 4.69) is 38.4 Å². The van der Waals surface area contributed by atoms with Crippen molar-refractivity contribution in [2.75, 3.05) is 6.61 Å². The Morgan fingerprint density at radius 2 is 2.12 bits per heavy atom. The molecule has 2 rings (SSSR count). The lowest BCUT2D eigenvalue weighted by Gasteiger charge is -2.07. The van der Waals surface area contributed by atoms with Crippen molar-refractivity contribution in [1.29, 1.82) is 0 Å². The minimum atomic E-state index is -0.177. The fraction of sp³-hybridized carbons (Fsp3) is 0.200. The summed E-state index contributed by atoms with van der Waals surface area (Å²) in [6.07, 6.45) is 7.03. The van der Waals surface area contributed by atoms with Gasteiger partial charge in [-0.1, -0.05) is 45.6 Å². The summed E-state index contributed by atoms with van der Waals surface area (Å²) in [5.41, 5.74) is 6.52. The monoisotopic (exact) mass is 398 g/mol. The number of rotatable bonds is 6. The highest BCUT2D eigenvalue weighted by atomic mass is 79.9. The molecular weight excluding hydrogens is 380 g/mol. The number of benzene rings is 2. The van der Waals surface area contributed by atoms with Crippen LogP contribution in [-0.2, 0) is 11.2 Å². The average molecular weight is 399 g/mol. The van der Waals surface area contributed by atoms with Crippen molar-refractivity contribution in [1.82, 2.24) is 5.43 Å². The molecule has 0 saturated carbocycles. The molecule has 0 saturated heterocycles. The van der Waals surface area contributed by atoms with Crippen LogP contribution >= 0.6 is 15.9 Å². The predicted molar refractivity (Wildman–Crippen MR) is 104 cm³/mol. The quantitative estimate of drug-likeness (QED) is 0.457. The van der Waals surface area contributed by atoms with Gasteiger partial charge in [-0.05, 0) is 43.2 Å². The van der Waals surface area contributed by atoms with Gasteiger partial charge < -0.3 is 4.74 Å². The smallest absolute Gasteiger partial charge is 0.244 e. The number of nitrogens with one attached hydrogen (secondary N) is 1. The van der Waals surface area contributed by atoms with E-state index in [0.29, 0.717) is 5.75 Å². The van der Waals surface area contributed by atoms with Crippen molar-refractivity contribution >= 4 is 28.1 Å². The molecule has 0 atom stereocenters. The lowest BCUT2D eigenvalue weighted by Crippen LogP contribution is -2.20. The number of carbonyl (C=O) groups is 1. The molecule has 0 heterocycles. The van der Waals surface area contributed by atoms with Gasteiger partial charge in [-0.25, -0.2) is 5.43 Å². The summed E-state index contributed by atoms with van der Waals surface area (Å²) >= 11 is 3.40. The number of amides is 1. The Hall–Kier alpha value is -2.58. The van der Waals surface area contributed by atoms with Crippen LogP contribution in [0, 0.1) is 26.2 Å². The molecule has 0 bridgehead atoms. The van der Waals surface area contributed by atoms with E-state index < -0.39 is 0 Å². The molecule has 0 aromatic heterocycles. The summed E-state index contributed by atoms with van der Waals surface area (Å²) in [4.78, 5) is 12.1. The fourth-order valence-electron chi connectivity index (χ4n) is 2.30. The third kappa shape index (κ3) is 5.77. The summed E-state index contributed by atoms with van der Waals surface area (Å²) in [5, 5.41) is 4.02. The van der Waals surface area contributed by atoms with E-state index >= 15 is 0 Å².